The highest BCUT2D eigenvalue weighted by atomic mass is 16.1. The third-order valence-corrected chi connectivity index (χ3v) is 8.28. The standard InChI is InChI=1S/C33H36N10O/c1-42-21-37-29(30(42)22-5-2-3-6-22)20-43-31-23(17-28(32(43)44)39-27-7-4-14-35-19-27)18-36-33(41-31)40-25-10-8-24(9-11-25)38-26-12-15-34-16-13-26/h4-5,7-11,14,17-19,21,26,34,38-39H,2-3,6,12-13,15-16,20H2,1H3,(H,36,40,41). The van der Waals surface area contributed by atoms with E-state index in [0.717, 1.165) is 79.0 Å². The number of rotatable bonds is 9. The summed E-state index contributed by atoms with van der Waals surface area (Å²) in [4.78, 5) is 32.4. The summed E-state index contributed by atoms with van der Waals surface area (Å²) in [6, 6.07) is 14.1. The van der Waals surface area contributed by atoms with Crippen molar-refractivity contribution in [2.45, 2.75) is 44.7 Å². The molecule has 0 saturated carbocycles. The quantitative estimate of drug-likeness (QED) is 0.184. The number of anilines is 5. The van der Waals surface area contributed by atoms with Crippen LogP contribution in [0.25, 0.3) is 16.6 Å². The second-order valence-corrected chi connectivity index (χ2v) is 11.4. The second kappa shape index (κ2) is 12.3. The first kappa shape index (κ1) is 27.8. The molecule has 44 heavy (non-hydrogen) atoms. The molecule has 1 aromatic carbocycles. The predicted octanol–water partition coefficient (Wildman–Crippen LogP) is 5.19. The summed E-state index contributed by atoms with van der Waals surface area (Å²) in [5, 5.41) is 14.3. The number of nitrogens with zero attached hydrogens (tertiary/aromatic N) is 6. The molecule has 11 heteroatoms. The normalized spacial score (nSPS) is 15.3. The Morgan fingerprint density at radius 3 is 2.61 bits per heavy atom. The maximum absolute atomic E-state index is 14.0. The Morgan fingerprint density at radius 2 is 1.84 bits per heavy atom. The molecule has 11 nitrogen and oxygen atoms in total. The summed E-state index contributed by atoms with van der Waals surface area (Å²) in [7, 11) is 2.00. The number of hydrogen-bond donors (Lipinski definition) is 4. The van der Waals surface area contributed by atoms with E-state index in [-0.39, 0.29) is 12.1 Å². The first-order valence-corrected chi connectivity index (χ1v) is 15.2. The van der Waals surface area contributed by atoms with Gasteiger partial charge in [-0.25, -0.2) is 9.97 Å². The molecule has 1 fully saturated rings. The van der Waals surface area contributed by atoms with Crippen LogP contribution in [-0.2, 0) is 13.6 Å². The van der Waals surface area contributed by atoms with Crippen molar-refractivity contribution in [1.82, 2.24) is 34.4 Å². The van der Waals surface area contributed by atoms with Gasteiger partial charge in [0.1, 0.15) is 11.3 Å². The molecule has 0 bridgehead atoms. The zero-order chi connectivity index (χ0) is 29.9. The fraction of sp³-hybridized carbons (Fsp3) is 0.303. The second-order valence-electron chi connectivity index (χ2n) is 11.4. The maximum atomic E-state index is 14.0. The molecular weight excluding hydrogens is 552 g/mol. The molecule has 0 atom stereocenters. The molecule has 1 saturated heterocycles. The Morgan fingerprint density at radius 1 is 1.00 bits per heavy atom. The summed E-state index contributed by atoms with van der Waals surface area (Å²) >= 11 is 0. The van der Waals surface area contributed by atoms with Crippen LogP contribution in [0, 0.1) is 0 Å². The zero-order valence-electron chi connectivity index (χ0n) is 24.8. The van der Waals surface area contributed by atoms with Crippen LogP contribution >= 0.6 is 0 Å². The number of allylic oxidation sites excluding steroid dienone is 2. The number of piperidine rings is 1. The van der Waals surface area contributed by atoms with Gasteiger partial charge in [-0.2, -0.15) is 4.98 Å². The molecule has 5 heterocycles. The van der Waals surface area contributed by atoms with Crippen molar-refractivity contribution in [1.29, 1.82) is 0 Å². The van der Waals surface area contributed by atoms with Gasteiger partial charge in [-0.1, -0.05) is 6.08 Å². The fourth-order valence-corrected chi connectivity index (χ4v) is 6.07. The Bertz CT molecular complexity index is 1850. The number of pyridine rings is 2. The lowest BCUT2D eigenvalue weighted by Gasteiger charge is -2.24. The van der Waals surface area contributed by atoms with Crippen molar-refractivity contribution in [2.75, 3.05) is 29.0 Å². The highest BCUT2D eigenvalue weighted by Gasteiger charge is 2.20. The van der Waals surface area contributed by atoms with E-state index in [9.17, 15) is 4.79 Å². The third-order valence-electron chi connectivity index (χ3n) is 8.28. The minimum Gasteiger partial charge on any atom is -0.382 e. The summed E-state index contributed by atoms with van der Waals surface area (Å²) in [5.41, 5.74) is 6.62. The van der Waals surface area contributed by atoms with Gasteiger partial charge >= 0.3 is 0 Å². The SMILES string of the molecule is Cn1cnc(Cn2c(=O)c(Nc3cccnc3)cc3cnc(Nc4ccc(NC5CCNCC5)cc4)nc32)c1C1=CCCC1. The van der Waals surface area contributed by atoms with Crippen LogP contribution < -0.4 is 26.8 Å². The number of nitrogens with one attached hydrogen (secondary N) is 4. The van der Waals surface area contributed by atoms with Gasteiger partial charge < -0.3 is 25.8 Å². The monoisotopic (exact) mass is 588 g/mol. The molecule has 1 aliphatic carbocycles. The highest BCUT2D eigenvalue weighted by Crippen LogP contribution is 2.30. The number of benzene rings is 1. The van der Waals surface area contributed by atoms with E-state index in [1.807, 2.05) is 42.2 Å². The van der Waals surface area contributed by atoms with Gasteiger partial charge in [0.15, 0.2) is 0 Å². The summed E-state index contributed by atoms with van der Waals surface area (Å²) < 4.78 is 3.73. The minimum atomic E-state index is -0.198. The van der Waals surface area contributed by atoms with Gasteiger partial charge in [-0.15, -0.1) is 0 Å². The van der Waals surface area contributed by atoms with E-state index in [0.29, 0.717) is 23.3 Å². The van der Waals surface area contributed by atoms with Gasteiger partial charge in [0.05, 0.1) is 36.1 Å². The van der Waals surface area contributed by atoms with Gasteiger partial charge in [-0.05, 0) is 93.2 Å². The summed E-state index contributed by atoms with van der Waals surface area (Å²) in [5.74, 6) is 0.414. The average molecular weight is 589 g/mol. The molecule has 0 spiro atoms. The van der Waals surface area contributed by atoms with Crippen molar-refractivity contribution in [3.63, 3.8) is 0 Å². The van der Waals surface area contributed by atoms with Gasteiger partial charge in [0.2, 0.25) is 5.95 Å². The lowest BCUT2D eigenvalue weighted by Crippen LogP contribution is -2.35. The lowest BCUT2D eigenvalue weighted by atomic mass is 10.1. The summed E-state index contributed by atoms with van der Waals surface area (Å²) in [6.45, 7) is 2.36. The van der Waals surface area contributed by atoms with Crippen LogP contribution in [0.1, 0.15) is 43.5 Å². The first-order valence-electron chi connectivity index (χ1n) is 15.2. The van der Waals surface area contributed by atoms with Crippen molar-refractivity contribution in [3.05, 3.63) is 95.2 Å². The molecule has 1 aliphatic heterocycles. The fourth-order valence-electron chi connectivity index (χ4n) is 6.07. The average Bonchev–Trinajstić information content (AvgIpc) is 3.71. The van der Waals surface area contributed by atoms with E-state index in [4.69, 9.17) is 9.97 Å². The van der Waals surface area contributed by atoms with Gasteiger partial charge in [0, 0.05) is 42.2 Å². The van der Waals surface area contributed by atoms with Crippen LogP contribution in [0.2, 0.25) is 0 Å². The molecule has 0 amide bonds. The minimum absolute atomic E-state index is 0.198. The number of hydrogen-bond acceptors (Lipinski definition) is 9. The Kier molecular flexibility index (Phi) is 7.76. The number of aryl methyl sites for hydroxylation is 1. The lowest BCUT2D eigenvalue weighted by molar-refractivity contribution is 0.479. The molecule has 7 rings (SSSR count). The Labute approximate surface area is 255 Å². The van der Waals surface area contributed by atoms with Crippen LogP contribution in [0.15, 0.2) is 78.3 Å². The molecule has 224 valence electrons. The van der Waals surface area contributed by atoms with E-state index < -0.39 is 0 Å². The maximum Gasteiger partial charge on any atom is 0.276 e. The number of aromatic nitrogens is 6. The smallest absolute Gasteiger partial charge is 0.276 e. The molecular formula is C33H36N10O. The number of imidazole rings is 1. The van der Waals surface area contributed by atoms with Crippen LogP contribution in [0.3, 0.4) is 0 Å². The zero-order valence-corrected chi connectivity index (χ0v) is 24.8. The highest BCUT2D eigenvalue weighted by molar-refractivity contribution is 5.81. The van der Waals surface area contributed by atoms with Crippen molar-refractivity contribution in [3.8, 4) is 0 Å². The van der Waals surface area contributed by atoms with Gasteiger partial charge in [0.25, 0.3) is 5.56 Å². The number of fused-ring (bicyclic) bond motifs is 1. The molecule has 5 aromatic rings. The van der Waals surface area contributed by atoms with Crippen molar-refractivity contribution >= 4 is 45.3 Å². The Hall–Kier alpha value is -5.03. The predicted molar refractivity (Wildman–Crippen MR) is 175 cm³/mol. The van der Waals surface area contributed by atoms with E-state index in [1.165, 1.54) is 5.57 Å². The van der Waals surface area contributed by atoms with Crippen LogP contribution in [0.5, 0.6) is 0 Å². The summed E-state index contributed by atoms with van der Waals surface area (Å²) in [6.07, 6.45) is 14.7. The topological polar surface area (TPSA) is 127 Å². The largest absolute Gasteiger partial charge is 0.382 e. The Balaban J connectivity index is 1.22. The molecule has 4 N–H and O–H groups in total. The molecule has 4 aromatic heterocycles. The van der Waals surface area contributed by atoms with Gasteiger partial charge in [-0.3, -0.25) is 14.3 Å². The van der Waals surface area contributed by atoms with E-state index >= 15 is 0 Å². The first-order chi connectivity index (χ1) is 21.6. The molecule has 0 radical (unpaired) electrons. The van der Waals surface area contributed by atoms with Crippen molar-refractivity contribution < 1.29 is 0 Å². The van der Waals surface area contributed by atoms with Crippen LogP contribution in [-0.4, -0.2) is 48.2 Å². The van der Waals surface area contributed by atoms with E-state index in [1.54, 1.807) is 29.2 Å². The molecule has 0 unspecified atom stereocenters. The molecule has 2 aliphatic rings. The van der Waals surface area contributed by atoms with Crippen LogP contribution in [0.4, 0.5) is 28.7 Å². The third kappa shape index (κ3) is 5.91. The van der Waals surface area contributed by atoms with E-state index in [2.05, 4.69) is 49.4 Å². The van der Waals surface area contributed by atoms with Crippen molar-refractivity contribution in [2.24, 2.45) is 7.05 Å².